The van der Waals surface area contributed by atoms with Gasteiger partial charge in [-0.05, 0) is 42.3 Å². The molecule has 1 unspecified atom stereocenters. The molecule has 144 valence electrons. The zero-order valence-corrected chi connectivity index (χ0v) is 16.6. The molecule has 0 radical (unpaired) electrons. The van der Waals surface area contributed by atoms with Crippen LogP contribution in [0.4, 0.5) is 5.69 Å². The molecule has 2 aromatic carbocycles. The lowest BCUT2D eigenvalue weighted by atomic mass is 9.92. The van der Waals surface area contributed by atoms with E-state index in [2.05, 4.69) is 60.2 Å². The molecule has 1 aliphatic heterocycles. The van der Waals surface area contributed by atoms with E-state index in [1.165, 1.54) is 18.4 Å². The molecule has 0 saturated carbocycles. The molecule has 1 aliphatic rings. The smallest absolute Gasteiger partial charge is 0.313 e. The molecule has 0 bridgehead atoms. The Bertz CT molecular complexity index is 749. The Hall–Kier alpha value is -2.33. The molecule has 0 aliphatic carbocycles. The normalized spacial score (nSPS) is 16.2. The molecule has 4 heteroatoms. The molecule has 2 aromatic rings. The maximum absolute atomic E-state index is 12.2. The Morgan fingerprint density at radius 2 is 1.74 bits per heavy atom. The highest BCUT2D eigenvalue weighted by Gasteiger charge is 2.21. The number of piperazine rings is 1. The Kier molecular flexibility index (Phi) is 6.51. The fourth-order valence-electron chi connectivity index (χ4n) is 3.72. The number of methoxy groups -OCH3 is 1. The molecule has 1 atom stereocenters. The Labute approximate surface area is 162 Å². The summed E-state index contributed by atoms with van der Waals surface area (Å²) < 4.78 is 5.01. The molecule has 1 heterocycles. The second-order valence-electron chi connectivity index (χ2n) is 7.33. The van der Waals surface area contributed by atoms with Crippen molar-refractivity contribution in [3.05, 3.63) is 54.1 Å². The fraction of sp³-hybridized carbons (Fsp3) is 0.435. The average molecular weight is 367 g/mol. The van der Waals surface area contributed by atoms with Gasteiger partial charge in [-0.3, -0.25) is 4.79 Å². The minimum atomic E-state index is -0.190. The first-order valence-electron chi connectivity index (χ1n) is 9.84. The van der Waals surface area contributed by atoms with Gasteiger partial charge in [0.25, 0.3) is 0 Å². The standard InChI is InChI=1S/C23H30N2O2/c1-4-6-22(23(26)27-3)20-8-5-7-19(17-20)18-9-11-21(12-10-18)25-15-13-24(2)14-16-25/h5,7-12,17,22H,4,6,13-16H2,1-3H3. The van der Waals surface area contributed by atoms with E-state index in [1.807, 2.05) is 12.1 Å². The van der Waals surface area contributed by atoms with Gasteiger partial charge in [-0.15, -0.1) is 0 Å². The van der Waals surface area contributed by atoms with Gasteiger partial charge in [-0.2, -0.15) is 0 Å². The van der Waals surface area contributed by atoms with Crippen molar-refractivity contribution in [2.45, 2.75) is 25.7 Å². The molecule has 0 amide bonds. The summed E-state index contributed by atoms with van der Waals surface area (Å²) in [5.74, 6) is -0.344. The van der Waals surface area contributed by atoms with E-state index in [9.17, 15) is 4.79 Å². The summed E-state index contributed by atoms with van der Waals surface area (Å²) in [6.07, 6.45) is 1.75. The van der Waals surface area contributed by atoms with Crippen molar-refractivity contribution in [3.63, 3.8) is 0 Å². The molecule has 0 spiro atoms. The maximum Gasteiger partial charge on any atom is 0.313 e. The van der Waals surface area contributed by atoms with E-state index in [-0.39, 0.29) is 11.9 Å². The van der Waals surface area contributed by atoms with E-state index in [0.29, 0.717) is 0 Å². The van der Waals surface area contributed by atoms with E-state index in [0.717, 1.165) is 50.1 Å². The molecular weight excluding hydrogens is 336 g/mol. The first-order valence-corrected chi connectivity index (χ1v) is 9.84. The quantitative estimate of drug-likeness (QED) is 0.719. The number of ether oxygens (including phenoxy) is 1. The zero-order chi connectivity index (χ0) is 19.2. The van der Waals surface area contributed by atoms with Crippen LogP contribution in [0.5, 0.6) is 0 Å². The van der Waals surface area contributed by atoms with Crippen molar-refractivity contribution >= 4 is 11.7 Å². The number of nitrogens with zero attached hydrogens (tertiary/aromatic N) is 2. The second kappa shape index (κ2) is 9.05. The predicted molar refractivity (Wildman–Crippen MR) is 111 cm³/mol. The predicted octanol–water partition coefficient (Wildman–Crippen LogP) is 4.16. The van der Waals surface area contributed by atoms with Gasteiger partial charge in [0.2, 0.25) is 0 Å². The average Bonchev–Trinajstić information content (AvgIpc) is 2.72. The summed E-state index contributed by atoms with van der Waals surface area (Å²) >= 11 is 0. The van der Waals surface area contributed by atoms with Crippen LogP contribution in [-0.2, 0) is 9.53 Å². The van der Waals surface area contributed by atoms with Crippen molar-refractivity contribution in [1.29, 1.82) is 0 Å². The number of hydrogen-bond acceptors (Lipinski definition) is 4. The summed E-state index contributed by atoms with van der Waals surface area (Å²) in [6.45, 7) is 6.45. The lowest BCUT2D eigenvalue weighted by Gasteiger charge is -2.34. The number of anilines is 1. The zero-order valence-electron chi connectivity index (χ0n) is 16.6. The van der Waals surface area contributed by atoms with Gasteiger partial charge in [-0.1, -0.05) is 49.7 Å². The minimum Gasteiger partial charge on any atom is -0.469 e. The van der Waals surface area contributed by atoms with Gasteiger partial charge in [0.05, 0.1) is 13.0 Å². The van der Waals surface area contributed by atoms with Crippen LogP contribution in [0.15, 0.2) is 48.5 Å². The number of hydrogen-bond donors (Lipinski definition) is 0. The molecule has 0 aromatic heterocycles. The van der Waals surface area contributed by atoms with Crippen molar-refractivity contribution in [2.24, 2.45) is 0 Å². The van der Waals surface area contributed by atoms with Crippen LogP contribution in [0.3, 0.4) is 0 Å². The van der Waals surface area contributed by atoms with Crippen LogP contribution in [0.25, 0.3) is 11.1 Å². The Morgan fingerprint density at radius 1 is 1.04 bits per heavy atom. The van der Waals surface area contributed by atoms with Crippen LogP contribution < -0.4 is 4.90 Å². The third-order valence-electron chi connectivity index (χ3n) is 5.42. The van der Waals surface area contributed by atoms with Crippen molar-refractivity contribution < 1.29 is 9.53 Å². The van der Waals surface area contributed by atoms with Gasteiger partial charge >= 0.3 is 5.97 Å². The Balaban J connectivity index is 1.79. The van der Waals surface area contributed by atoms with Crippen LogP contribution >= 0.6 is 0 Å². The van der Waals surface area contributed by atoms with Crippen molar-refractivity contribution in [3.8, 4) is 11.1 Å². The van der Waals surface area contributed by atoms with Gasteiger partial charge in [0.1, 0.15) is 0 Å². The van der Waals surface area contributed by atoms with Gasteiger partial charge in [0, 0.05) is 31.9 Å². The van der Waals surface area contributed by atoms with Gasteiger partial charge < -0.3 is 14.5 Å². The topological polar surface area (TPSA) is 32.8 Å². The first kappa shape index (κ1) is 19.4. The number of carbonyl (C=O) groups is 1. The van der Waals surface area contributed by atoms with E-state index < -0.39 is 0 Å². The SMILES string of the molecule is CCCC(C(=O)OC)c1cccc(-c2ccc(N3CCN(C)CC3)cc2)c1. The van der Waals surface area contributed by atoms with Crippen LogP contribution in [0.2, 0.25) is 0 Å². The number of carbonyl (C=O) groups excluding carboxylic acids is 1. The molecule has 0 N–H and O–H groups in total. The number of likely N-dealkylation sites (N-methyl/N-ethyl adjacent to an activating group) is 1. The molecule has 27 heavy (non-hydrogen) atoms. The summed E-state index contributed by atoms with van der Waals surface area (Å²) in [4.78, 5) is 17.0. The van der Waals surface area contributed by atoms with Crippen molar-refractivity contribution in [2.75, 3.05) is 45.2 Å². The van der Waals surface area contributed by atoms with Crippen LogP contribution in [0.1, 0.15) is 31.2 Å². The first-order chi connectivity index (χ1) is 13.1. The van der Waals surface area contributed by atoms with Gasteiger partial charge in [0.15, 0.2) is 0 Å². The maximum atomic E-state index is 12.2. The highest BCUT2D eigenvalue weighted by Crippen LogP contribution is 2.29. The van der Waals surface area contributed by atoms with E-state index >= 15 is 0 Å². The molecule has 4 nitrogen and oxygen atoms in total. The Morgan fingerprint density at radius 3 is 2.37 bits per heavy atom. The second-order valence-corrected chi connectivity index (χ2v) is 7.33. The number of benzene rings is 2. The van der Waals surface area contributed by atoms with E-state index in [1.54, 1.807) is 0 Å². The number of esters is 1. The minimum absolute atomic E-state index is 0.153. The lowest BCUT2D eigenvalue weighted by Crippen LogP contribution is -2.44. The molecule has 1 fully saturated rings. The summed E-state index contributed by atoms with van der Waals surface area (Å²) in [5, 5.41) is 0. The van der Waals surface area contributed by atoms with Crippen LogP contribution in [-0.4, -0.2) is 51.2 Å². The van der Waals surface area contributed by atoms with E-state index in [4.69, 9.17) is 4.74 Å². The van der Waals surface area contributed by atoms with Gasteiger partial charge in [-0.25, -0.2) is 0 Å². The molecular formula is C23H30N2O2. The highest BCUT2D eigenvalue weighted by atomic mass is 16.5. The molecule has 1 saturated heterocycles. The molecule has 3 rings (SSSR count). The lowest BCUT2D eigenvalue weighted by molar-refractivity contribution is -0.142. The highest BCUT2D eigenvalue weighted by molar-refractivity contribution is 5.79. The summed E-state index contributed by atoms with van der Waals surface area (Å²) in [5.41, 5.74) is 4.63. The monoisotopic (exact) mass is 366 g/mol. The summed E-state index contributed by atoms with van der Waals surface area (Å²) in [7, 11) is 3.64. The third-order valence-corrected chi connectivity index (χ3v) is 5.42. The fourth-order valence-corrected chi connectivity index (χ4v) is 3.72. The van der Waals surface area contributed by atoms with Crippen LogP contribution in [0, 0.1) is 0 Å². The summed E-state index contributed by atoms with van der Waals surface area (Å²) in [6, 6.07) is 17.1. The number of rotatable bonds is 6. The van der Waals surface area contributed by atoms with Crippen molar-refractivity contribution in [1.82, 2.24) is 4.90 Å². The largest absolute Gasteiger partial charge is 0.469 e. The third kappa shape index (κ3) is 4.69.